The van der Waals surface area contributed by atoms with E-state index in [-0.39, 0.29) is 6.54 Å². The first-order valence-electron chi connectivity index (χ1n) is 8.54. The Hall–Kier alpha value is -2.46. The summed E-state index contributed by atoms with van der Waals surface area (Å²) in [6, 6.07) is 9.31. The molecular weight excluding hydrogens is 395 g/mol. The van der Waals surface area contributed by atoms with Gasteiger partial charge in [-0.1, -0.05) is 30.3 Å². The summed E-state index contributed by atoms with van der Waals surface area (Å²) in [5, 5.41) is 1.12. The maximum atomic E-state index is 12.7. The minimum atomic E-state index is -4.61. The summed E-state index contributed by atoms with van der Waals surface area (Å²) in [7, 11) is -3.69. The molecule has 10 heteroatoms. The largest absolute Gasteiger partial charge is 0.459 e. The van der Waals surface area contributed by atoms with Gasteiger partial charge in [0.2, 0.25) is 10.0 Å². The predicted octanol–water partition coefficient (Wildman–Crippen LogP) is 3.34. The number of rotatable bonds is 5. The fourth-order valence-corrected chi connectivity index (χ4v) is 4.01. The predicted molar refractivity (Wildman–Crippen MR) is 96.7 cm³/mol. The lowest BCUT2D eigenvalue weighted by atomic mass is 10.1. The Morgan fingerprint density at radius 1 is 1.18 bits per heavy atom. The van der Waals surface area contributed by atoms with Crippen LogP contribution in [0, 0.1) is 0 Å². The number of sulfonamides is 1. The van der Waals surface area contributed by atoms with Crippen molar-refractivity contribution in [1.29, 1.82) is 0 Å². The Labute approximate surface area is 160 Å². The Morgan fingerprint density at radius 2 is 1.93 bits per heavy atom. The number of benzene rings is 1. The van der Waals surface area contributed by atoms with Gasteiger partial charge in [-0.05, 0) is 30.5 Å². The van der Waals surface area contributed by atoms with Crippen molar-refractivity contribution in [3.8, 4) is 6.01 Å². The molecule has 0 radical (unpaired) electrons. The van der Waals surface area contributed by atoms with Crippen LogP contribution in [0.1, 0.15) is 24.1 Å². The topological polar surface area (TPSA) is 72.4 Å². The van der Waals surface area contributed by atoms with Gasteiger partial charge in [-0.3, -0.25) is 0 Å². The van der Waals surface area contributed by atoms with E-state index in [2.05, 4.69) is 9.97 Å². The summed E-state index contributed by atoms with van der Waals surface area (Å²) < 4.78 is 70.0. The lowest BCUT2D eigenvalue weighted by Gasteiger charge is -2.30. The second-order valence-electron chi connectivity index (χ2n) is 6.22. The average molecular weight is 413 g/mol. The first kappa shape index (κ1) is 20.3. The Bertz CT molecular complexity index is 934. The molecule has 1 saturated heterocycles. The van der Waals surface area contributed by atoms with Gasteiger partial charge < -0.3 is 4.74 Å². The zero-order chi connectivity index (χ0) is 20.2. The molecule has 1 atom stereocenters. The molecule has 1 aliphatic heterocycles. The van der Waals surface area contributed by atoms with Gasteiger partial charge in [-0.2, -0.15) is 22.5 Å². The molecule has 150 valence electrons. The second-order valence-corrected chi connectivity index (χ2v) is 8.04. The Morgan fingerprint density at radius 3 is 2.64 bits per heavy atom. The van der Waals surface area contributed by atoms with E-state index in [1.165, 1.54) is 10.4 Å². The highest BCUT2D eigenvalue weighted by Gasteiger charge is 2.34. The number of ether oxygens (including phenoxy) is 1. The van der Waals surface area contributed by atoms with Crippen molar-refractivity contribution in [2.24, 2.45) is 0 Å². The summed E-state index contributed by atoms with van der Waals surface area (Å²) in [4.78, 5) is 7.06. The van der Waals surface area contributed by atoms with Crippen LogP contribution in [0.3, 0.4) is 0 Å². The molecule has 2 aromatic rings. The molecule has 1 aromatic heterocycles. The first-order chi connectivity index (χ1) is 13.2. The number of piperidine rings is 1. The SMILES string of the molecule is O=S(=O)(/C=C/c1ccccc1)N1CCCC(Oc2nccc(C(F)(F)F)n2)C1. The van der Waals surface area contributed by atoms with E-state index < -0.39 is 34.0 Å². The van der Waals surface area contributed by atoms with Crippen molar-refractivity contribution in [2.45, 2.75) is 25.1 Å². The van der Waals surface area contributed by atoms with Gasteiger partial charge in [-0.25, -0.2) is 13.4 Å². The van der Waals surface area contributed by atoms with Gasteiger partial charge in [-0.15, -0.1) is 0 Å². The summed E-state index contributed by atoms with van der Waals surface area (Å²) in [6.07, 6.45) is -1.76. The first-order valence-corrected chi connectivity index (χ1v) is 10.0. The van der Waals surface area contributed by atoms with E-state index in [4.69, 9.17) is 4.74 Å². The van der Waals surface area contributed by atoms with Crippen molar-refractivity contribution in [3.63, 3.8) is 0 Å². The van der Waals surface area contributed by atoms with Crippen LogP contribution < -0.4 is 4.74 Å². The van der Waals surface area contributed by atoms with E-state index in [0.717, 1.165) is 23.2 Å². The number of alkyl halides is 3. The molecule has 0 saturated carbocycles. The third kappa shape index (κ3) is 5.29. The van der Waals surface area contributed by atoms with Crippen LogP contribution in [0.5, 0.6) is 6.01 Å². The monoisotopic (exact) mass is 413 g/mol. The summed E-state index contributed by atoms with van der Waals surface area (Å²) in [5.41, 5.74) is -0.364. The van der Waals surface area contributed by atoms with E-state index in [0.29, 0.717) is 19.4 Å². The molecule has 28 heavy (non-hydrogen) atoms. The molecule has 0 N–H and O–H groups in total. The molecule has 1 aliphatic rings. The zero-order valence-electron chi connectivity index (χ0n) is 14.7. The number of aromatic nitrogens is 2. The Kier molecular flexibility index (Phi) is 5.99. The maximum absolute atomic E-state index is 12.7. The second kappa shape index (κ2) is 8.27. The van der Waals surface area contributed by atoms with Crippen molar-refractivity contribution in [2.75, 3.05) is 13.1 Å². The number of halogens is 3. The van der Waals surface area contributed by atoms with E-state index >= 15 is 0 Å². The third-order valence-corrected chi connectivity index (χ3v) is 5.66. The van der Waals surface area contributed by atoms with E-state index in [9.17, 15) is 21.6 Å². The smallest absolute Gasteiger partial charge is 0.433 e. The third-order valence-electron chi connectivity index (χ3n) is 4.13. The minimum absolute atomic E-state index is 0.0149. The van der Waals surface area contributed by atoms with Crippen LogP contribution in [0.4, 0.5) is 13.2 Å². The van der Waals surface area contributed by atoms with Crippen LogP contribution >= 0.6 is 0 Å². The van der Waals surface area contributed by atoms with Crippen molar-refractivity contribution in [3.05, 3.63) is 59.3 Å². The molecular formula is C18H18F3N3O3S. The number of hydrogen-bond acceptors (Lipinski definition) is 5. The molecule has 1 aromatic carbocycles. The highest BCUT2D eigenvalue weighted by molar-refractivity contribution is 7.92. The highest BCUT2D eigenvalue weighted by atomic mass is 32.2. The van der Waals surface area contributed by atoms with E-state index in [1.807, 2.05) is 6.07 Å². The summed E-state index contributed by atoms with van der Waals surface area (Å²) in [6.45, 7) is 0.325. The maximum Gasteiger partial charge on any atom is 0.433 e. The van der Waals surface area contributed by atoms with Crippen LogP contribution in [0.2, 0.25) is 0 Å². The van der Waals surface area contributed by atoms with Gasteiger partial charge in [0.1, 0.15) is 6.10 Å². The summed E-state index contributed by atoms with van der Waals surface area (Å²) >= 11 is 0. The van der Waals surface area contributed by atoms with Crippen LogP contribution in [-0.4, -0.2) is 41.9 Å². The normalized spacial score (nSPS) is 19.0. The highest BCUT2D eigenvalue weighted by Crippen LogP contribution is 2.28. The zero-order valence-corrected chi connectivity index (χ0v) is 15.5. The fourth-order valence-electron chi connectivity index (χ4n) is 2.75. The molecule has 1 fully saturated rings. The molecule has 0 bridgehead atoms. The van der Waals surface area contributed by atoms with Gasteiger partial charge in [0, 0.05) is 18.1 Å². The fraction of sp³-hybridized carbons (Fsp3) is 0.333. The average Bonchev–Trinajstić information content (AvgIpc) is 2.67. The van der Waals surface area contributed by atoms with Gasteiger partial charge in [0.05, 0.1) is 6.54 Å². The standard InChI is InChI=1S/C18H18F3N3O3S/c19-18(20,21)16-8-10-22-17(23-16)27-15-7-4-11-24(13-15)28(25,26)12-9-14-5-2-1-3-6-14/h1-3,5-6,8-10,12,15H,4,7,11,13H2/b12-9+. The quantitative estimate of drug-likeness (QED) is 0.752. The Balaban J connectivity index is 1.68. The number of nitrogens with zero attached hydrogens (tertiary/aromatic N) is 3. The molecule has 1 unspecified atom stereocenters. The lowest BCUT2D eigenvalue weighted by molar-refractivity contribution is -0.141. The van der Waals surface area contributed by atoms with Crippen molar-refractivity contribution >= 4 is 16.1 Å². The molecule has 2 heterocycles. The van der Waals surface area contributed by atoms with Gasteiger partial charge in [0.25, 0.3) is 0 Å². The van der Waals surface area contributed by atoms with Crippen LogP contribution in [0.25, 0.3) is 6.08 Å². The molecule has 0 spiro atoms. The van der Waals surface area contributed by atoms with Crippen LogP contribution in [-0.2, 0) is 16.2 Å². The molecule has 0 amide bonds. The minimum Gasteiger partial charge on any atom is -0.459 e. The van der Waals surface area contributed by atoms with Gasteiger partial charge >= 0.3 is 12.2 Å². The van der Waals surface area contributed by atoms with Crippen molar-refractivity contribution in [1.82, 2.24) is 14.3 Å². The number of hydrogen-bond donors (Lipinski definition) is 0. The van der Waals surface area contributed by atoms with Gasteiger partial charge in [0.15, 0.2) is 5.69 Å². The molecule has 3 rings (SSSR count). The summed E-state index contributed by atoms with van der Waals surface area (Å²) in [5.74, 6) is 0. The molecule has 6 nitrogen and oxygen atoms in total. The van der Waals surface area contributed by atoms with E-state index in [1.54, 1.807) is 24.3 Å². The van der Waals surface area contributed by atoms with Crippen LogP contribution in [0.15, 0.2) is 48.0 Å². The molecule has 0 aliphatic carbocycles. The lowest BCUT2D eigenvalue weighted by Crippen LogP contribution is -2.43. The van der Waals surface area contributed by atoms with Crippen molar-refractivity contribution < 1.29 is 26.3 Å².